The maximum absolute atomic E-state index is 6.01. The Bertz CT molecular complexity index is 605. The van der Waals surface area contributed by atoms with Crippen molar-refractivity contribution >= 4 is 22.9 Å². The molecule has 0 aliphatic heterocycles. The van der Waals surface area contributed by atoms with Gasteiger partial charge in [-0.15, -0.1) is 11.3 Å². The molecule has 0 saturated carbocycles. The largest absolute Gasteiger partial charge is 0.303 e. The molecular weight excluding hydrogens is 286 g/mol. The van der Waals surface area contributed by atoms with Crippen LogP contribution in [0, 0.1) is 0 Å². The highest BCUT2D eigenvalue weighted by molar-refractivity contribution is 7.16. The van der Waals surface area contributed by atoms with E-state index in [-0.39, 0.29) is 0 Å². The number of hydrogen-bond acceptors (Lipinski definition) is 2. The predicted octanol–water partition coefficient (Wildman–Crippen LogP) is 5.30. The third-order valence-corrected chi connectivity index (χ3v) is 5.56. The van der Waals surface area contributed by atoms with E-state index in [4.69, 9.17) is 11.6 Å². The second-order valence-corrected chi connectivity index (χ2v) is 7.38. The van der Waals surface area contributed by atoms with Crippen LogP contribution >= 0.6 is 22.9 Å². The number of nitrogens with one attached hydrogen (secondary N) is 1. The van der Waals surface area contributed by atoms with Crippen molar-refractivity contribution in [3.8, 4) is 0 Å². The van der Waals surface area contributed by atoms with Crippen molar-refractivity contribution in [3.63, 3.8) is 0 Å². The van der Waals surface area contributed by atoms with Crippen molar-refractivity contribution in [2.24, 2.45) is 0 Å². The summed E-state index contributed by atoms with van der Waals surface area (Å²) in [5.74, 6) is 0. The summed E-state index contributed by atoms with van der Waals surface area (Å²) in [5.41, 5.74) is 4.47. The first-order valence-electron chi connectivity index (χ1n) is 7.26. The Hall–Kier alpha value is -0.830. The fourth-order valence-electron chi connectivity index (χ4n) is 2.98. The SMILES string of the molecule is CC(NC(C)c1ccc(Cl)s1)c1ccc2c(c1)CCC2. The molecule has 0 radical (unpaired) electrons. The van der Waals surface area contributed by atoms with Gasteiger partial charge in [0.2, 0.25) is 0 Å². The lowest BCUT2D eigenvalue weighted by molar-refractivity contribution is 0.500. The van der Waals surface area contributed by atoms with Crippen LogP contribution in [-0.4, -0.2) is 0 Å². The van der Waals surface area contributed by atoms with E-state index in [0.29, 0.717) is 12.1 Å². The zero-order chi connectivity index (χ0) is 14.1. The smallest absolute Gasteiger partial charge is 0.0931 e. The molecule has 1 aromatic carbocycles. The first-order valence-corrected chi connectivity index (χ1v) is 8.46. The first-order chi connectivity index (χ1) is 9.63. The van der Waals surface area contributed by atoms with Crippen molar-refractivity contribution in [3.05, 3.63) is 56.2 Å². The lowest BCUT2D eigenvalue weighted by atomic mass is 10.0. The Balaban J connectivity index is 1.71. The molecule has 1 aromatic heterocycles. The Morgan fingerprint density at radius 2 is 1.85 bits per heavy atom. The van der Waals surface area contributed by atoms with Crippen molar-refractivity contribution in [2.45, 2.75) is 45.2 Å². The molecule has 2 aromatic rings. The summed E-state index contributed by atoms with van der Waals surface area (Å²) in [7, 11) is 0. The van der Waals surface area contributed by atoms with Gasteiger partial charge >= 0.3 is 0 Å². The molecule has 3 rings (SSSR count). The highest BCUT2D eigenvalue weighted by Gasteiger charge is 2.16. The minimum Gasteiger partial charge on any atom is -0.303 e. The molecule has 3 heteroatoms. The van der Waals surface area contributed by atoms with Crippen LogP contribution in [-0.2, 0) is 12.8 Å². The highest BCUT2D eigenvalue weighted by Crippen LogP contribution is 2.30. The standard InChI is InChI=1S/C17H20ClNS/c1-11(19-12(2)16-8-9-17(18)20-16)14-7-6-13-4-3-5-15(13)10-14/h6-12,19H,3-5H2,1-2H3. The van der Waals surface area contributed by atoms with Crippen molar-refractivity contribution in [1.82, 2.24) is 5.32 Å². The number of benzene rings is 1. The number of hydrogen-bond donors (Lipinski definition) is 1. The van der Waals surface area contributed by atoms with Gasteiger partial charge in [0.25, 0.3) is 0 Å². The quantitative estimate of drug-likeness (QED) is 0.808. The molecule has 1 aliphatic carbocycles. The fraction of sp³-hybridized carbons (Fsp3) is 0.412. The molecule has 106 valence electrons. The molecule has 20 heavy (non-hydrogen) atoms. The number of thiophene rings is 1. The number of fused-ring (bicyclic) bond motifs is 1. The van der Waals surface area contributed by atoms with Crippen molar-refractivity contribution in [2.75, 3.05) is 0 Å². The van der Waals surface area contributed by atoms with Gasteiger partial charge in [-0.05, 0) is 61.9 Å². The van der Waals surface area contributed by atoms with Gasteiger partial charge in [0.15, 0.2) is 0 Å². The topological polar surface area (TPSA) is 12.0 Å². The monoisotopic (exact) mass is 305 g/mol. The normalized spacial score (nSPS) is 16.9. The molecule has 0 amide bonds. The molecule has 1 nitrogen and oxygen atoms in total. The average Bonchev–Trinajstić information content (AvgIpc) is 3.05. The Labute approximate surface area is 130 Å². The molecule has 1 N–H and O–H groups in total. The van der Waals surface area contributed by atoms with Crippen molar-refractivity contribution in [1.29, 1.82) is 0 Å². The summed E-state index contributed by atoms with van der Waals surface area (Å²) < 4.78 is 0.860. The van der Waals surface area contributed by atoms with Crippen LogP contribution in [0.15, 0.2) is 30.3 Å². The fourth-order valence-corrected chi connectivity index (χ4v) is 4.05. The van der Waals surface area contributed by atoms with Crippen molar-refractivity contribution < 1.29 is 0 Å². The molecule has 0 fully saturated rings. The molecule has 0 spiro atoms. The van der Waals surface area contributed by atoms with Gasteiger partial charge in [0.05, 0.1) is 4.34 Å². The van der Waals surface area contributed by atoms with E-state index in [1.807, 2.05) is 6.07 Å². The molecule has 0 saturated heterocycles. The summed E-state index contributed by atoms with van der Waals surface area (Å²) >= 11 is 7.67. The van der Waals surface area contributed by atoms with E-state index in [1.54, 1.807) is 22.5 Å². The van der Waals surface area contributed by atoms with Crippen LogP contribution in [0.25, 0.3) is 0 Å². The maximum atomic E-state index is 6.01. The van der Waals surface area contributed by atoms with E-state index >= 15 is 0 Å². The minimum atomic E-state index is 0.329. The third-order valence-electron chi connectivity index (χ3n) is 4.14. The summed E-state index contributed by atoms with van der Waals surface area (Å²) in [5, 5.41) is 3.67. The van der Waals surface area contributed by atoms with Gasteiger partial charge in [0, 0.05) is 17.0 Å². The molecule has 2 atom stereocenters. The Morgan fingerprint density at radius 1 is 1.05 bits per heavy atom. The van der Waals surface area contributed by atoms with E-state index in [2.05, 4.69) is 43.4 Å². The van der Waals surface area contributed by atoms with E-state index < -0.39 is 0 Å². The molecular formula is C17H20ClNS. The molecule has 1 heterocycles. The lowest BCUT2D eigenvalue weighted by Gasteiger charge is -2.20. The van der Waals surface area contributed by atoms with Crippen LogP contribution < -0.4 is 5.32 Å². The van der Waals surface area contributed by atoms with Crippen LogP contribution in [0.2, 0.25) is 4.34 Å². The average molecular weight is 306 g/mol. The van der Waals surface area contributed by atoms with E-state index in [9.17, 15) is 0 Å². The predicted molar refractivity (Wildman–Crippen MR) is 87.8 cm³/mol. The highest BCUT2D eigenvalue weighted by atomic mass is 35.5. The van der Waals surface area contributed by atoms with Gasteiger partial charge in [-0.3, -0.25) is 0 Å². The molecule has 0 bridgehead atoms. The summed E-state index contributed by atoms with van der Waals surface area (Å²) in [6.45, 7) is 4.44. The zero-order valence-corrected chi connectivity index (χ0v) is 13.5. The molecule has 1 aliphatic rings. The van der Waals surface area contributed by atoms with E-state index in [1.165, 1.54) is 29.7 Å². The summed E-state index contributed by atoms with van der Waals surface area (Å²) in [6.07, 6.45) is 3.80. The minimum absolute atomic E-state index is 0.329. The summed E-state index contributed by atoms with van der Waals surface area (Å²) in [4.78, 5) is 1.29. The van der Waals surface area contributed by atoms with Crippen LogP contribution in [0.4, 0.5) is 0 Å². The van der Waals surface area contributed by atoms with Gasteiger partial charge in [-0.1, -0.05) is 29.8 Å². The third kappa shape index (κ3) is 2.93. The van der Waals surface area contributed by atoms with Gasteiger partial charge in [-0.25, -0.2) is 0 Å². The number of halogens is 1. The second-order valence-electron chi connectivity index (χ2n) is 5.63. The van der Waals surface area contributed by atoms with E-state index in [0.717, 1.165) is 4.34 Å². The maximum Gasteiger partial charge on any atom is 0.0931 e. The van der Waals surface area contributed by atoms with Crippen LogP contribution in [0.1, 0.15) is 53.9 Å². The van der Waals surface area contributed by atoms with Crippen LogP contribution in [0.5, 0.6) is 0 Å². The second kappa shape index (κ2) is 5.88. The van der Waals surface area contributed by atoms with Gasteiger partial charge < -0.3 is 5.32 Å². The van der Waals surface area contributed by atoms with Gasteiger partial charge in [0.1, 0.15) is 0 Å². The van der Waals surface area contributed by atoms with Gasteiger partial charge in [-0.2, -0.15) is 0 Å². The first kappa shape index (κ1) is 14.1. The lowest BCUT2D eigenvalue weighted by Crippen LogP contribution is -2.21. The Kier molecular flexibility index (Phi) is 4.16. The number of rotatable bonds is 4. The van der Waals surface area contributed by atoms with Crippen LogP contribution in [0.3, 0.4) is 0 Å². The molecule has 2 unspecified atom stereocenters. The Morgan fingerprint density at radius 3 is 2.60 bits per heavy atom. The zero-order valence-electron chi connectivity index (χ0n) is 11.9. The summed E-state index contributed by atoms with van der Waals surface area (Å²) in [6, 6.07) is 11.7. The number of aryl methyl sites for hydroxylation is 2.